The van der Waals surface area contributed by atoms with Crippen molar-refractivity contribution in [2.45, 2.75) is 37.6 Å². The van der Waals surface area contributed by atoms with Crippen LogP contribution in [0, 0.1) is 11.2 Å². The van der Waals surface area contributed by atoms with E-state index in [1.165, 1.54) is 24.4 Å². The Labute approximate surface area is 187 Å². The summed E-state index contributed by atoms with van der Waals surface area (Å²) < 4.78 is 49.0. The summed E-state index contributed by atoms with van der Waals surface area (Å²) in [6.45, 7) is -0.413. The predicted molar refractivity (Wildman–Crippen MR) is 108 cm³/mol. The largest absolute Gasteiger partial charge is 0.484 e. The summed E-state index contributed by atoms with van der Waals surface area (Å²) in [5.41, 5.74) is -0.802. The van der Waals surface area contributed by atoms with Crippen molar-refractivity contribution in [2.24, 2.45) is 5.41 Å². The quantitative estimate of drug-likeness (QED) is 0.563. The number of ketones is 1. The maximum absolute atomic E-state index is 13.4. The van der Waals surface area contributed by atoms with Crippen LogP contribution in [0.25, 0.3) is 0 Å². The summed E-state index contributed by atoms with van der Waals surface area (Å²) in [5, 5.41) is 2.90. The first kappa shape index (κ1) is 22.4. The highest BCUT2D eigenvalue weighted by atomic mass is 35.5. The summed E-state index contributed by atoms with van der Waals surface area (Å²) in [6.07, 6.45) is 0.913. The van der Waals surface area contributed by atoms with Crippen molar-refractivity contribution in [2.75, 3.05) is 13.2 Å². The number of carbonyl (C=O) groups is 2. The van der Waals surface area contributed by atoms with E-state index in [9.17, 15) is 22.8 Å². The van der Waals surface area contributed by atoms with Gasteiger partial charge in [0.05, 0.1) is 11.2 Å². The van der Waals surface area contributed by atoms with Gasteiger partial charge in [-0.05, 0) is 48.9 Å². The van der Waals surface area contributed by atoms with Crippen LogP contribution in [0.5, 0.6) is 11.5 Å². The Morgan fingerprint density at radius 2 is 1.78 bits per heavy atom. The van der Waals surface area contributed by atoms with Gasteiger partial charge in [-0.2, -0.15) is 0 Å². The van der Waals surface area contributed by atoms with Crippen molar-refractivity contribution in [3.63, 3.8) is 0 Å². The zero-order valence-corrected chi connectivity index (χ0v) is 17.6. The van der Waals surface area contributed by atoms with Crippen LogP contribution in [0.3, 0.4) is 0 Å². The summed E-state index contributed by atoms with van der Waals surface area (Å²) >= 11 is 5.61. The van der Waals surface area contributed by atoms with Gasteiger partial charge in [0.15, 0.2) is 12.4 Å². The third-order valence-corrected chi connectivity index (χ3v) is 6.07. The van der Waals surface area contributed by atoms with Gasteiger partial charge in [-0.1, -0.05) is 11.6 Å². The van der Waals surface area contributed by atoms with E-state index in [4.69, 9.17) is 21.1 Å². The lowest BCUT2D eigenvalue weighted by Crippen LogP contribution is -2.75. The number of benzene rings is 1. The highest BCUT2D eigenvalue weighted by Crippen LogP contribution is 2.68. The Bertz CT molecular complexity index is 1010. The maximum atomic E-state index is 13.4. The van der Waals surface area contributed by atoms with Crippen LogP contribution in [-0.4, -0.2) is 35.4 Å². The standard InChI is InChI=1S/C22H20ClF3N2O4/c23-16-3-1-14(5-17(16)24)32-9-19(30)28-22-10-21(11-22,12-22)6-13(29)8-31-15-2-4-18(20(25)26)27-7-15/h1-5,7,20H,6,8-12H2,(H,28,30). The normalized spacial score (nSPS) is 23.2. The van der Waals surface area contributed by atoms with E-state index in [-0.39, 0.29) is 58.1 Å². The average molecular weight is 469 g/mol. The molecule has 3 aliphatic carbocycles. The van der Waals surface area contributed by atoms with Gasteiger partial charge in [-0.3, -0.25) is 14.6 Å². The second-order valence-corrected chi connectivity index (χ2v) is 8.85. The topological polar surface area (TPSA) is 77.5 Å². The lowest BCUT2D eigenvalue weighted by atomic mass is 9.38. The molecule has 1 N–H and O–H groups in total. The zero-order chi connectivity index (χ0) is 22.9. The molecule has 0 aliphatic heterocycles. The van der Waals surface area contributed by atoms with Gasteiger partial charge in [-0.15, -0.1) is 0 Å². The van der Waals surface area contributed by atoms with E-state index < -0.39 is 12.2 Å². The van der Waals surface area contributed by atoms with Gasteiger partial charge in [0.1, 0.15) is 29.6 Å². The van der Waals surface area contributed by atoms with E-state index in [1.54, 1.807) is 0 Å². The molecule has 5 rings (SSSR count). The predicted octanol–water partition coefficient (Wildman–Crippen LogP) is 4.27. The zero-order valence-electron chi connectivity index (χ0n) is 16.9. The van der Waals surface area contributed by atoms with Gasteiger partial charge >= 0.3 is 0 Å². The van der Waals surface area contributed by atoms with Crippen molar-refractivity contribution < 1.29 is 32.2 Å². The number of amides is 1. The number of ether oxygens (including phenoxy) is 2. The molecule has 3 aliphatic rings. The fourth-order valence-electron chi connectivity index (χ4n) is 4.60. The molecule has 170 valence electrons. The molecule has 0 atom stereocenters. The van der Waals surface area contributed by atoms with Crippen LogP contribution >= 0.6 is 11.6 Å². The first-order valence-electron chi connectivity index (χ1n) is 9.95. The number of hydrogen-bond donors (Lipinski definition) is 1. The number of aromatic nitrogens is 1. The second kappa shape index (κ2) is 8.61. The van der Waals surface area contributed by atoms with E-state index in [0.29, 0.717) is 25.7 Å². The third-order valence-electron chi connectivity index (χ3n) is 5.76. The van der Waals surface area contributed by atoms with Crippen molar-refractivity contribution in [3.8, 4) is 11.5 Å². The molecule has 1 aromatic carbocycles. The smallest absolute Gasteiger partial charge is 0.280 e. The van der Waals surface area contributed by atoms with Crippen LogP contribution in [-0.2, 0) is 9.59 Å². The summed E-state index contributed by atoms with van der Waals surface area (Å²) in [5.74, 6) is -0.579. The molecule has 1 amide bonds. The van der Waals surface area contributed by atoms with E-state index in [0.717, 1.165) is 12.1 Å². The second-order valence-electron chi connectivity index (χ2n) is 8.45. The van der Waals surface area contributed by atoms with Gasteiger partial charge in [0, 0.05) is 18.0 Å². The number of rotatable bonds is 10. The molecule has 3 fully saturated rings. The first-order chi connectivity index (χ1) is 15.2. The monoisotopic (exact) mass is 468 g/mol. The Balaban J connectivity index is 1.16. The number of alkyl halides is 2. The van der Waals surface area contributed by atoms with Crippen LogP contribution in [0.2, 0.25) is 5.02 Å². The molecule has 2 bridgehead atoms. The van der Waals surface area contributed by atoms with Gasteiger partial charge < -0.3 is 14.8 Å². The summed E-state index contributed by atoms with van der Waals surface area (Å²) in [4.78, 5) is 28.0. The number of pyridine rings is 1. The molecule has 0 spiro atoms. The molecule has 3 saturated carbocycles. The van der Waals surface area contributed by atoms with Crippen LogP contribution in [0.1, 0.15) is 37.8 Å². The molecular formula is C22H20ClF3N2O4. The van der Waals surface area contributed by atoms with Crippen LogP contribution in [0.4, 0.5) is 13.2 Å². The van der Waals surface area contributed by atoms with Crippen molar-refractivity contribution in [1.82, 2.24) is 10.3 Å². The van der Waals surface area contributed by atoms with Crippen molar-refractivity contribution in [3.05, 3.63) is 53.1 Å². The van der Waals surface area contributed by atoms with Crippen LogP contribution in [0.15, 0.2) is 36.5 Å². The number of Topliss-reactive ketones (excluding diaryl/α,β-unsaturated/α-hetero) is 1. The van der Waals surface area contributed by atoms with E-state index >= 15 is 0 Å². The number of nitrogens with zero attached hydrogens (tertiary/aromatic N) is 1. The SMILES string of the molecule is O=C(COc1ccc(C(F)F)nc1)CC12CC(NC(=O)COc3ccc(Cl)c(F)c3)(C1)C2. The highest BCUT2D eigenvalue weighted by molar-refractivity contribution is 6.30. The number of carbonyl (C=O) groups excluding carboxylic acids is 2. The number of nitrogens with one attached hydrogen (secondary N) is 1. The third kappa shape index (κ3) is 4.82. The molecule has 10 heteroatoms. The number of hydrogen-bond acceptors (Lipinski definition) is 5. The molecule has 0 unspecified atom stereocenters. The fraction of sp³-hybridized carbons (Fsp3) is 0.409. The summed E-state index contributed by atoms with van der Waals surface area (Å²) in [6, 6.07) is 6.46. The Kier molecular flexibility index (Phi) is 6.03. The lowest BCUT2D eigenvalue weighted by molar-refractivity contribution is -0.173. The molecule has 1 heterocycles. The average Bonchev–Trinajstić information content (AvgIpc) is 2.71. The van der Waals surface area contributed by atoms with E-state index in [1.807, 2.05) is 0 Å². The van der Waals surface area contributed by atoms with Gasteiger partial charge in [0.2, 0.25) is 0 Å². The number of halogens is 4. The minimum atomic E-state index is -2.66. The molecule has 32 heavy (non-hydrogen) atoms. The van der Waals surface area contributed by atoms with Crippen LogP contribution < -0.4 is 14.8 Å². The first-order valence-corrected chi connectivity index (χ1v) is 10.3. The van der Waals surface area contributed by atoms with Crippen molar-refractivity contribution >= 4 is 23.3 Å². The Hall–Kier alpha value is -2.81. The fourth-order valence-corrected chi connectivity index (χ4v) is 4.72. The summed E-state index contributed by atoms with van der Waals surface area (Å²) in [7, 11) is 0. The Morgan fingerprint density at radius 3 is 2.41 bits per heavy atom. The molecular weight excluding hydrogens is 449 g/mol. The van der Waals surface area contributed by atoms with Gasteiger partial charge in [-0.25, -0.2) is 13.2 Å². The van der Waals surface area contributed by atoms with Gasteiger partial charge in [0.25, 0.3) is 12.3 Å². The molecule has 0 saturated heterocycles. The maximum Gasteiger partial charge on any atom is 0.280 e. The lowest BCUT2D eigenvalue weighted by Gasteiger charge is -2.70. The van der Waals surface area contributed by atoms with E-state index in [2.05, 4.69) is 10.3 Å². The Morgan fingerprint density at radius 1 is 1.09 bits per heavy atom. The minimum Gasteiger partial charge on any atom is -0.484 e. The molecule has 1 aromatic heterocycles. The minimum absolute atomic E-state index is 0.0257. The van der Waals surface area contributed by atoms with Crippen molar-refractivity contribution in [1.29, 1.82) is 0 Å². The molecule has 6 nitrogen and oxygen atoms in total. The molecule has 0 radical (unpaired) electrons. The molecule has 2 aromatic rings. The highest BCUT2D eigenvalue weighted by Gasteiger charge is 2.68.